The van der Waals surface area contributed by atoms with E-state index >= 15 is 0 Å². The van der Waals surface area contributed by atoms with E-state index in [1.54, 1.807) is 13.1 Å². The average molecular weight is 379 g/mol. The summed E-state index contributed by atoms with van der Waals surface area (Å²) in [6.07, 6.45) is 1.78. The van der Waals surface area contributed by atoms with Crippen LogP contribution in [0.1, 0.15) is 33.3 Å². The summed E-state index contributed by atoms with van der Waals surface area (Å²) in [7, 11) is 0. The van der Waals surface area contributed by atoms with E-state index in [9.17, 15) is 4.79 Å². The number of aliphatic imine (C=N–C) groups is 1. The molecule has 5 heteroatoms. The number of aryl methyl sites for hydroxylation is 1. The van der Waals surface area contributed by atoms with Crippen LogP contribution in [-0.4, -0.2) is 18.8 Å². The van der Waals surface area contributed by atoms with E-state index in [0.717, 1.165) is 27.4 Å². The van der Waals surface area contributed by atoms with Crippen molar-refractivity contribution in [3.8, 4) is 5.75 Å². The lowest BCUT2D eigenvalue weighted by Gasteiger charge is -2.06. The standard InChI is InChI=1S/C22H21NO3S/c1-3-25-22(24)21-16(2)13-20(27-21)23-14-17-9-11-19(12-10-17)26-15-18-7-5-4-6-8-18/h4-14H,3,15H2,1-2H3. The molecule has 1 aromatic heterocycles. The number of hydrogen-bond acceptors (Lipinski definition) is 5. The van der Waals surface area contributed by atoms with Crippen LogP contribution in [0.4, 0.5) is 5.00 Å². The molecule has 0 aliphatic heterocycles. The second-order valence-corrected chi connectivity index (χ2v) is 6.95. The van der Waals surface area contributed by atoms with Gasteiger partial charge in [0.15, 0.2) is 0 Å². The number of nitrogens with zero attached hydrogens (tertiary/aromatic N) is 1. The topological polar surface area (TPSA) is 47.9 Å². The van der Waals surface area contributed by atoms with Crippen molar-refractivity contribution in [2.24, 2.45) is 4.99 Å². The number of thiophene rings is 1. The lowest BCUT2D eigenvalue weighted by atomic mass is 10.2. The number of ether oxygens (including phenoxy) is 2. The molecule has 4 nitrogen and oxygen atoms in total. The van der Waals surface area contributed by atoms with Crippen molar-refractivity contribution < 1.29 is 14.3 Å². The lowest BCUT2D eigenvalue weighted by Crippen LogP contribution is -2.03. The van der Waals surface area contributed by atoms with Gasteiger partial charge < -0.3 is 9.47 Å². The fraction of sp³-hybridized carbons (Fsp3) is 0.182. The first-order valence-corrected chi connectivity index (χ1v) is 9.56. The first kappa shape index (κ1) is 18.9. The van der Waals surface area contributed by atoms with Crippen molar-refractivity contribution in [1.82, 2.24) is 0 Å². The molecule has 0 radical (unpaired) electrons. The zero-order chi connectivity index (χ0) is 19.1. The van der Waals surface area contributed by atoms with Gasteiger partial charge in [0, 0.05) is 6.21 Å². The molecule has 0 saturated heterocycles. The number of carbonyl (C=O) groups is 1. The Kier molecular flexibility index (Phi) is 6.39. The molecule has 3 aromatic rings. The molecular weight excluding hydrogens is 358 g/mol. The van der Waals surface area contributed by atoms with Crippen LogP contribution in [0.2, 0.25) is 0 Å². The highest BCUT2D eigenvalue weighted by Crippen LogP contribution is 2.29. The smallest absolute Gasteiger partial charge is 0.348 e. The molecule has 0 unspecified atom stereocenters. The molecule has 0 aliphatic rings. The normalized spacial score (nSPS) is 10.9. The van der Waals surface area contributed by atoms with Gasteiger partial charge in [0.25, 0.3) is 0 Å². The Morgan fingerprint density at radius 1 is 1.11 bits per heavy atom. The van der Waals surface area contributed by atoms with Gasteiger partial charge in [-0.05, 0) is 60.9 Å². The Labute approximate surface area is 163 Å². The van der Waals surface area contributed by atoms with Crippen LogP contribution in [0.15, 0.2) is 65.7 Å². The average Bonchev–Trinajstić information content (AvgIpc) is 3.07. The minimum absolute atomic E-state index is 0.290. The molecule has 0 N–H and O–H groups in total. The maximum atomic E-state index is 11.9. The van der Waals surface area contributed by atoms with Gasteiger partial charge in [0.05, 0.1) is 6.61 Å². The van der Waals surface area contributed by atoms with Gasteiger partial charge in [-0.25, -0.2) is 9.79 Å². The van der Waals surface area contributed by atoms with Crippen LogP contribution >= 0.6 is 11.3 Å². The molecule has 0 bridgehead atoms. The summed E-state index contributed by atoms with van der Waals surface area (Å²) in [4.78, 5) is 17.0. The van der Waals surface area contributed by atoms with Gasteiger partial charge in [-0.2, -0.15) is 0 Å². The van der Waals surface area contributed by atoms with Crippen LogP contribution in [0.5, 0.6) is 5.75 Å². The molecule has 0 saturated carbocycles. The molecule has 0 aliphatic carbocycles. The Bertz CT molecular complexity index is 914. The van der Waals surface area contributed by atoms with Gasteiger partial charge >= 0.3 is 5.97 Å². The Hall–Kier alpha value is -2.92. The summed E-state index contributed by atoms with van der Waals surface area (Å²) >= 11 is 1.34. The van der Waals surface area contributed by atoms with Crippen LogP contribution < -0.4 is 4.74 Å². The first-order chi connectivity index (χ1) is 13.2. The second-order valence-electron chi connectivity index (χ2n) is 5.92. The minimum atomic E-state index is -0.290. The predicted molar refractivity (Wildman–Crippen MR) is 109 cm³/mol. The van der Waals surface area contributed by atoms with Crippen LogP contribution in [0.3, 0.4) is 0 Å². The van der Waals surface area contributed by atoms with Gasteiger partial charge in [0.1, 0.15) is 22.2 Å². The Balaban J connectivity index is 1.61. The third kappa shape index (κ3) is 5.28. The quantitative estimate of drug-likeness (QED) is 0.399. The predicted octanol–water partition coefficient (Wildman–Crippen LogP) is 5.56. The largest absolute Gasteiger partial charge is 0.489 e. The number of esters is 1. The first-order valence-electron chi connectivity index (χ1n) is 8.74. The van der Waals surface area contributed by atoms with E-state index in [1.807, 2.05) is 67.6 Å². The number of hydrogen-bond donors (Lipinski definition) is 0. The lowest BCUT2D eigenvalue weighted by molar-refractivity contribution is 0.0531. The number of benzene rings is 2. The van der Waals surface area contributed by atoms with E-state index in [2.05, 4.69) is 4.99 Å². The van der Waals surface area contributed by atoms with Gasteiger partial charge in [-0.3, -0.25) is 0 Å². The Morgan fingerprint density at radius 3 is 2.56 bits per heavy atom. The maximum Gasteiger partial charge on any atom is 0.348 e. The zero-order valence-corrected chi connectivity index (χ0v) is 16.2. The summed E-state index contributed by atoms with van der Waals surface area (Å²) in [6.45, 7) is 4.60. The highest BCUT2D eigenvalue weighted by atomic mass is 32.1. The number of carbonyl (C=O) groups excluding carboxylic acids is 1. The van der Waals surface area contributed by atoms with Crippen LogP contribution in [0.25, 0.3) is 0 Å². The zero-order valence-electron chi connectivity index (χ0n) is 15.3. The minimum Gasteiger partial charge on any atom is -0.489 e. The molecular formula is C22H21NO3S. The van der Waals surface area contributed by atoms with E-state index in [0.29, 0.717) is 18.1 Å². The molecule has 3 rings (SSSR count). The van der Waals surface area contributed by atoms with E-state index in [4.69, 9.17) is 9.47 Å². The SMILES string of the molecule is CCOC(=O)c1sc(N=Cc2ccc(OCc3ccccc3)cc2)cc1C. The highest BCUT2D eigenvalue weighted by Gasteiger charge is 2.14. The van der Waals surface area contributed by atoms with Crippen molar-refractivity contribution in [3.05, 3.63) is 82.2 Å². The van der Waals surface area contributed by atoms with Crippen LogP contribution in [0, 0.1) is 6.92 Å². The molecule has 0 spiro atoms. The van der Waals surface area contributed by atoms with E-state index in [1.165, 1.54) is 11.3 Å². The molecule has 138 valence electrons. The van der Waals surface area contributed by atoms with Gasteiger partial charge in [0.2, 0.25) is 0 Å². The van der Waals surface area contributed by atoms with Crippen molar-refractivity contribution in [3.63, 3.8) is 0 Å². The van der Waals surface area contributed by atoms with Gasteiger partial charge in [-0.1, -0.05) is 30.3 Å². The van der Waals surface area contributed by atoms with Crippen LogP contribution in [-0.2, 0) is 11.3 Å². The molecule has 0 atom stereocenters. The molecule has 0 fully saturated rings. The molecule has 2 aromatic carbocycles. The third-order valence-electron chi connectivity index (χ3n) is 3.83. The van der Waals surface area contributed by atoms with Gasteiger partial charge in [-0.15, -0.1) is 11.3 Å². The summed E-state index contributed by atoms with van der Waals surface area (Å²) in [5, 5.41) is 0.778. The van der Waals surface area contributed by atoms with Crippen molar-refractivity contribution in [1.29, 1.82) is 0 Å². The van der Waals surface area contributed by atoms with E-state index in [-0.39, 0.29) is 5.97 Å². The third-order valence-corrected chi connectivity index (χ3v) is 4.96. The van der Waals surface area contributed by atoms with Crippen molar-refractivity contribution in [2.45, 2.75) is 20.5 Å². The summed E-state index contributed by atoms with van der Waals surface area (Å²) in [6, 6.07) is 19.7. The maximum absolute atomic E-state index is 11.9. The number of rotatable bonds is 7. The molecule has 1 heterocycles. The summed E-state index contributed by atoms with van der Waals surface area (Å²) < 4.78 is 10.8. The van der Waals surface area contributed by atoms with Crippen molar-refractivity contribution >= 4 is 28.5 Å². The fourth-order valence-corrected chi connectivity index (χ4v) is 3.37. The molecule has 0 amide bonds. The molecule has 27 heavy (non-hydrogen) atoms. The monoisotopic (exact) mass is 379 g/mol. The van der Waals surface area contributed by atoms with E-state index < -0.39 is 0 Å². The second kappa shape index (κ2) is 9.14. The van der Waals surface area contributed by atoms with Crippen molar-refractivity contribution in [2.75, 3.05) is 6.61 Å². The fourth-order valence-electron chi connectivity index (χ4n) is 2.46. The summed E-state index contributed by atoms with van der Waals surface area (Å²) in [5.74, 6) is 0.522. The highest BCUT2D eigenvalue weighted by molar-refractivity contribution is 7.17. The summed E-state index contributed by atoms with van der Waals surface area (Å²) in [5.41, 5.74) is 2.98. The Morgan fingerprint density at radius 2 is 1.85 bits per heavy atom.